The molecule has 2 rings (SSSR count). The van der Waals surface area contributed by atoms with Gasteiger partial charge >= 0.3 is 0 Å². The van der Waals surface area contributed by atoms with E-state index in [4.69, 9.17) is 11.5 Å². The minimum Gasteiger partial charge on any atom is -0.506 e. The quantitative estimate of drug-likeness (QED) is 0.331. The van der Waals surface area contributed by atoms with Gasteiger partial charge in [-0.1, -0.05) is 11.8 Å². The lowest BCUT2D eigenvalue weighted by Crippen LogP contribution is -1.86. The zero-order chi connectivity index (χ0) is 14.5. The maximum atomic E-state index is 9.42. The molecular formula is C16H12N2O2. The Morgan fingerprint density at radius 1 is 0.700 bits per heavy atom. The van der Waals surface area contributed by atoms with Crippen LogP contribution in [0.15, 0.2) is 36.4 Å². The van der Waals surface area contributed by atoms with Gasteiger partial charge < -0.3 is 21.7 Å². The monoisotopic (exact) mass is 264 g/mol. The van der Waals surface area contributed by atoms with Crippen LogP contribution in [0.4, 0.5) is 11.4 Å². The molecule has 2 aromatic carbocycles. The fraction of sp³-hybridized carbons (Fsp3) is 0. The van der Waals surface area contributed by atoms with Gasteiger partial charge in [0.15, 0.2) is 0 Å². The minimum absolute atomic E-state index is 0.00364. The van der Waals surface area contributed by atoms with E-state index in [0.29, 0.717) is 16.8 Å². The number of hydrogen-bond acceptors (Lipinski definition) is 4. The number of anilines is 2. The molecule has 6 N–H and O–H groups in total. The van der Waals surface area contributed by atoms with Gasteiger partial charge in [0.05, 0.1) is 11.4 Å². The Morgan fingerprint density at radius 3 is 1.90 bits per heavy atom. The second-order valence-corrected chi connectivity index (χ2v) is 4.05. The van der Waals surface area contributed by atoms with Crippen LogP contribution in [0.25, 0.3) is 0 Å². The molecule has 0 saturated carbocycles. The summed E-state index contributed by atoms with van der Waals surface area (Å²) < 4.78 is 0. The maximum absolute atomic E-state index is 9.42. The summed E-state index contributed by atoms with van der Waals surface area (Å²) >= 11 is 0. The second-order valence-electron chi connectivity index (χ2n) is 4.05. The molecule has 4 heteroatoms. The van der Waals surface area contributed by atoms with E-state index in [1.165, 1.54) is 12.1 Å². The van der Waals surface area contributed by atoms with Crippen LogP contribution in [-0.4, -0.2) is 10.2 Å². The molecule has 0 aliphatic heterocycles. The van der Waals surface area contributed by atoms with E-state index in [0.717, 1.165) is 0 Å². The van der Waals surface area contributed by atoms with Crippen LogP contribution < -0.4 is 11.5 Å². The van der Waals surface area contributed by atoms with Crippen molar-refractivity contribution in [3.63, 3.8) is 0 Å². The topological polar surface area (TPSA) is 92.5 Å². The van der Waals surface area contributed by atoms with Crippen molar-refractivity contribution in [2.75, 3.05) is 11.5 Å². The normalized spacial score (nSPS) is 9.00. The summed E-state index contributed by atoms with van der Waals surface area (Å²) in [6, 6.07) is 9.44. The molecule has 98 valence electrons. The Labute approximate surface area is 116 Å². The zero-order valence-electron chi connectivity index (χ0n) is 10.5. The maximum Gasteiger partial charge on any atom is 0.139 e. The molecule has 0 fully saturated rings. The van der Waals surface area contributed by atoms with Crippen LogP contribution in [0.5, 0.6) is 11.5 Å². The summed E-state index contributed by atoms with van der Waals surface area (Å²) in [7, 11) is 0. The van der Waals surface area contributed by atoms with Crippen LogP contribution in [-0.2, 0) is 0 Å². The minimum atomic E-state index is -0.00364. The number of phenolic OH excluding ortho intramolecular Hbond substituents is 2. The van der Waals surface area contributed by atoms with Crippen molar-refractivity contribution in [1.29, 1.82) is 0 Å². The largest absolute Gasteiger partial charge is 0.506 e. The van der Waals surface area contributed by atoms with Gasteiger partial charge in [-0.3, -0.25) is 0 Å². The van der Waals surface area contributed by atoms with Gasteiger partial charge in [0.1, 0.15) is 11.5 Å². The first-order valence-electron chi connectivity index (χ1n) is 5.75. The number of nitrogens with two attached hydrogens (primary N) is 2. The molecule has 4 nitrogen and oxygen atoms in total. The molecular weight excluding hydrogens is 252 g/mol. The molecule has 2 aromatic rings. The Bertz CT molecular complexity index is 707. The van der Waals surface area contributed by atoms with Crippen LogP contribution in [0.3, 0.4) is 0 Å². The highest BCUT2D eigenvalue weighted by atomic mass is 16.3. The average molecular weight is 264 g/mol. The van der Waals surface area contributed by atoms with Crippen molar-refractivity contribution in [2.45, 2.75) is 0 Å². The van der Waals surface area contributed by atoms with Gasteiger partial charge in [-0.05, 0) is 48.2 Å². The third-order valence-electron chi connectivity index (χ3n) is 2.53. The molecule has 0 atom stereocenters. The second kappa shape index (κ2) is 5.60. The van der Waals surface area contributed by atoms with Crippen LogP contribution in [0.2, 0.25) is 0 Å². The lowest BCUT2D eigenvalue weighted by Gasteiger charge is -1.97. The van der Waals surface area contributed by atoms with Crippen molar-refractivity contribution in [2.24, 2.45) is 0 Å². The van der Waals surface area contributed by atoms with E-state index in [-0.39, 0.29) is 17.2 Å². The first kappa shape index (κ1) is 13.2. The Balaban J connectivity index is 2.17. The number of benzene rings is 2. The lowest BCUT2D eigenvalue weighted by atomic mass is 10.2. The zero-order valence-corrected chi connectivity index (χ0v) is 10.5. The molecule has 0 heterocycles. The van der Waals surface area contributed by atoms with Gasteiger partial charge in [0.2, 0.25) is 0 Å². The summed E-state index contributed by atoms with van der Waals surface area (Å²) in [6.45, 7) is 0. The van der Waals surface area contributed by atoms with Crippen molar-refractivity contribution in [3.8, 4) is 35.2 Å². The molecule has 20 heavy (non-hydrogen) atoms. The van der Waals surface area contributed by atoms with Crippen LogP contribution in [0.1, 0.15) is 11.1 Å². The standard InChI is InChI=1S/C16H12N2O2/c17-13-7-5-12(10-16(13)20)4-2-1-3-11-6-8-15(19)14(18)9-11/h5-10,19-20H,17-18H2. The Morgan fingerprint density at radius 2 is 1.30 bits per heavy atom. The highest BCUT2D eigenvalue weighted by Crippen LogP contribution is 2.20. The summed E-state index contributed by atoms with van der Waals surface area (Å²) in [5, 5.41) is 18.7. The molecule has 0 aliphatic carbocycles. The van der Waals surface area contributed by atoms with Crippen LogP contribution in [0, 0.1) is 23.7 Å². The SMILES string of the molecule is Nc1cc(C#CC#Cc2ccc(N)c(O)c2)ccc1O. The number of nitrogen functional groups attached to an aromatic ring is 2. The van der Waals surface area contributed by atoms with E-state index in [1.807, 2.05) is 0 Å². The average Bonchev–Trinajstić information content (AvgIpc) is 2.42. The van der Waals surface area contributed by atoms with Crippen molar-refractivity contribution >= 4 is 11.4 Å². The van der Waals surface area contributed by atoms with Gasteiger partial charge in [-0.2, -0.15) is 0 Å². The highest BCUT2D eigenvalue weighted by molar-refractivity contribution is 5.58. The number of hydrogen-bond donors (Lipinski definition) is 4. The summed E-state index contributed by atoms with van der Waals surface area (Å²) in [5.74, 6) is 11.0. The number of phenols is 2. The van der Waals surface area contributed by atoms with Gasteiger partial charge in [0, 0.05) is 11.1 Å². The van der Waals surface area contributed by atoms with Crippen LogP contribution >= 0.6 is 0 Å². The Kier molecular flexibility index (Phi) is 3.70. The summed E-state index contributed by atoms with van der Waals surface area (Å²) in [6.07, 6.45) is 0. The molecule has 0 aromatic heterocycles. The van der Waals surface area contributed by atoms with Gasteiger partial charge in [0.25, 0.3) is 0 Å². The fourth-order valence-electron chi connectivity index (χ4n) is 1.46. The van der Waals surface area contributed by atoms with E-state index in [2.05, 4.69) is 23.7 Å². The van der Waals surface area contributed by atoms with Gasteiger partial charge in [-0.15, -0.1) is 0 Å². The van der Waals surface area contributed by atoms with Crippen molar-refractivity contribution < 1.29 is 10.2 Å². The molecule has 0 aliphatic rings. The van der Waals surface area contributed by atoms with Gasteiger partial charge in [-0.25, -0.2) is 0 Å². The molecule has 0 unspecified atom stereocenters. The third-order valence-corrected chi connectivity index (χ3v) is 2.53. The van der Waals surface area contributed by atoms with Crippen molar-refractivity contribution in [1.82, 2.24) is 0 Å². The van der Waals surface area contributed by atoms with E-state index >= 15 is 0 Å². The number of rotatable bonds is 0. The van der Waals surface area contributed by atoms with E-state index in [9.17, 15) is 10.2 Å². The van der Waals surface area contributed by atoms with E-state index < -0.39 is 0 Å². The molecule has 0 radical (unpaired) electrons. The number of aromatic hydroxyl groups is 2. The third kappa shape index (κ3) is 3.16. The molecule has 0 bridgehead atoms. The summed E-state index contributed by atoms with van der Waals surface area (Å²) in [4.78, 5) is 0. The smallest absolute Gasteiger partial charge is 0.139 e. The highest BCUT2D eigenvalue weighted by Gasteiger charge is 1.96. The molecule has 0 spiro atoms. The summed E-state index contributed by atoms with van der Waals surface area (Å²) in [5.41, 5.74) is 12.9. The molecule has 0 saturated heterocycles. The predicted molar refractivity (Wildman–Crippen MR) is 78.8 cm³/mol. The fourth-order valence-corrected chi connectivity index (χ4v) is 1.46. The lowest BCUT2D eigenvalue weighted by molar-refractivity contribution is 0.477. The first-order valence-corrected chi connectivity index (χ1v) is 5.75. The predicted octanol–water partition coefficient (Wildman–Crippen LogP) is 1.67. The van der Waals surface area contributed by atoms with Crippen molar-refractivity contribution in [3.05, 3.63) is 47.5 Å². The first-order chi connectivity index (χ1) is 9.56. The van der Waals surface area contributed by atoms with E-state index in [1.54, 1.807) is 24.3 Å². The Hall–Kier alpha value is -3.24. The molecule has 0 amide bonds.